The molecule has 0 spiro atoms. The minimum Gasteiger partial charge on any atom is -0.465 e. The standard InChI is InChI=1S/C27H27FN4O3/c1-17-13-23(24(29-14-17)32-15-22(16-32)30-21-9-7-20(28)8-10-21)25(33)31-27(11-12-27)19-5-3-18(4-6-19)26(34)35-2/h3-10,13-14,22,30H,11-12,15-16H2,1-2H3,(H,31,33). The maximum atomic E-state index is 13.4. The van der Waals surface area contributed by atoms with Crippen molar-refractivity contribution in [1.29, 1.82) is 0 Å². The summed E-state index contributed by atoms with van der Waals surface area (Å²) in [5, 5.41) is 6.60. The Balaban J connectivity index is 1.28. The predicted octanol–water partition coefficient (Wildman–Crippen LogP) is 4.04. The fourth-order valence-corrected chi connectivity index (χ4v) is 4.44. The van der Waals surface area contributed by atoms with Gasteiger partial charge in [0.2, 0.25) is 0 Å². The number of benzene rings is 2. The molecule has 2 N–H and O–H groups in total. The van der Waals surface area contributed by atoms with Crippen LogP contribution in [0.5, 0.6) is 0 Å². The number of aromatic nitrogens is 1. The number of carbonyl (C=O) groups is 2. The quantitative estimate of drug-likeness (QED) is 0.503. The van der Waals surface area contributed by atoms with Crippen molar-refractivity contribution in [1.82, 2.24) is 10.3 Å². The van der Waals surface area contributed by atoms with E-state index in [0.717, 1.165) is 29.7 Å². The summed E-state index contributed by atoms with van der Waals surface area (Å²) in [5.74, 6) is -0.163. The first-order chi connectivity index (χ1) is 16.9. The summed E-state index contributed by atoms with van der Waals surface area (Å²) in [5.41, 5.74) is 3.32. The maximum Gasteiger partial charge on any atom is 0.337 e. The second-order valence-corrected chi connectivity index (χ2v) is 9.24. The molecule has 0 bridgehead atoms. The maximum absolute atomic E-state index is 13.4. The first-order valence-electron chi connectivity index (χ1n) is 11.6. The van der Waals surface area contributed by atoms with Crippen LogP contribution in [0.1, 0.15) is 44.7 Å². The lowest BCUT2D eigenvalue weighted by molar-refractivity contribution is 0.0600. The Kier molecular flexibility index (Phi) is 5.88. The van der Waals surface area contributed by atoms with Gasteiger partial charge >= 0.3 is 5.97 Å². The molecule has 2 aliphatic rings. The predicted molar refractivity (Wildman–Crippen MR) is 131 cm³/mol. The van der Waals surface area contributed by atoms with Crippen molar-refractivity contribution in [2.75, 3.05) is 30.4 Å². The lowest BCUT2D eigenvalue weighted by Gasteiger charge is -2.41. The number of amides is 1. The zero-order chi connectivity index (χ0) is 24.6. The van der Waals surface area contributed by atoms with E-state index in [1.54, 1.807) is 30.5 Å². The van der Waals surface area contributed by atoms with Crippen LogP contribution >= 0.6 is 0 Å². The molecule has 3 aromatic rings. The molecule has 1 aliphatic heterocycles. The van der Waals surface area contributed by atoms with Gasteiger partial charge in [0.25, 0.3) is 5.91 Å². The van der Waals surface area contributed by atoms with Crippen LogP contribution in [0.25, 0.3) is 0 Å². The van der Waals surface area contributed by atoms with Crippen molar-refractivity contribution in [2.24, 2.45) is 0 Å². The van der Waals surface area contributed by atoms with Crippen LogP contribution < -0.4 is 15.5 Å². The van der Waals surface area contributed by atoms with E-state index < -0.39 is 5.54 Å². The summed E-state index contributed by atoms with van der Waals surface area (Å²) in [6.45, 7) is 3.29. The zero-order valence-electron chi connectivity index (χ0n) is 19.7. The SMILES string of the molecule is COC(=O)c1ccc(C2(NC(=O)c3cc(C)cnc3N3CC(Nc4ccc(F)cc4)C3)CC2)cc1. The van der Waals surface area contributed by atoms with Crippen LogP contribution in [0, 0.1) is 12.7 Å². The number of anilines is 2. The second kappa shape index (κ2) is 9.02. The summed E-state index contributed by atoms with van der Waals surface area (Å²) in [4.78, 5) is 31.8. The highest BCUT2D eigenvalue weighted by Gasteiger charge is 2.46. The smallest absolute Gasteiger partial charge is 0.337 e. The van der Waals surface area contributed by atoms with Gasteiger partial charge in [-0.25, -0.2) is 14.2 Å². The monoisotopic (exact) mass is 474 g/mol. The van der Waals surface area contributed by atoms with Gasteiger partial charge in [-0.05, 0) is 73.4 Å². The molecule has 1 aliphatic carbocycles. The normalized spacial score (nSPS) is 16.3. The number of nitrogens with zero attached hydrogens (tertiary/aromatic N) is 2. The van der Waals surface area contributed by atoms with Crippen LogP contribution in [0.2, 0.25) is 0 Å². The lowest BCUT2D eigenvalue weighted by atomic mass is 10.0. The summed E-state index contributed by atoms with van der Waals surface area (Å²) in [7, 11) is 1.35. The fraction of sp³-hybridized carbons (Fsp3) is 0.296. The van der Waals surface area contributed by atoms with Gasteiger partial charge in [0.1, 0.15) is 11.6 Å². The van der Waals surface area contributed by atoms with E-state index in [2.05, 4.69) is 20.5 Å². The molecule has 2 aromatic carbocycles. The number of rotatable bonds is 7. The Morgan fingerprint density at radius 3 is 2.40 bits per heavy atom. The van der Waals surface area contributed by atoms with Crippen molar-refractivity contribution in [3.8, 4) is 0 Å². The molecular formula is C27H27FN4O3. The van der Waals surface area contributed by atoms with Gasteiger partial charge in [-0.2, -0.15) is 0 Å². The molecule has 1 saturated heterocycles. The van der Waals surface area contributed by atoms with E-state index >= 15 is 0 Å². The average molecular weight is 475 g/mol. The number of pyridine rings is 1. The number of ether oxygens (including phenoxy) is 1. The van der Waals surface area contributed by atoms with E-state index in [0.29, 0.717) is 30.0 Å². The van der Waals surface area contributed by atoms with Crippen molar-refractivity contribution in [2.45, 2.75) is 31.3 Å². The number of halogens is 1. The highest BCUT2D eigenvalue weighted by atomic mass is 19.1. The topological polar surface area (TPSA) is 83.6 Å². The van der Waals surface area contributed by atoms with E-state index in [-0.39, 0.29) is 23.7 Å². The molecule has 2 fully saturated rings. The van der Waals surface area contributed by atoms with Gasteiger partial charge in [0.15, 0.2) is 0 Å². The number of nitrogens with one attached hydrogen (secondary N) is 2. The van der Waals surface area contributed by atoms with E-state index in [1.165, 1.54) is 19.2 Å². The van der Waals surface area contributed by atoms with Gasteiger partial charge in [0, 0.05) is 25.0 Å². The third-order valence-electron chi connectivity index (χ3n) is 6.61. The zero-order valence-corrected chi connectivity index (χ0v) is 19.7. The minimum absolute atomic E-state index is 0.166. The van der Waals surface area contributed by atoms with E-state index in [1.807, 2.05) is 25.1 Å². The largest absolute Gasteiger partial charge is 0.465 e. The first-order valence-corrected chi connectivity index (χ1v) is 11.6. The van der Waals surface area contributed by atoms with Crippen molar-refractivity contribution in [3.05, 3.63) is 88.9 Å². The van der Waals surface area contributed by atoms with Crippen LogP contribution in [0.15, 0.2) is 60.8 Å². The van der Waals surface area contributed by atoms with E-state index in [9.17, 15) is 14.0 Å². The van der Waals surface area contributed by atoms with Crippen LogP contribution in [0.3, 0.4) is 0 Å². The summed E-state index contributed by atoms with van der Waals surface area (Å²) in [6.07, 6.45) is 3.43. The summed E-state index contributed by atoms with van der Waals surface area (Å²) < 4.78 is 17.9. The second-order valence-electron chi connectivity index (χ2n) is 9.24. The fourth-order valence-electron chi connectivity index (χ4n) is 4.44. The highest BCUT2D eigenvalue weighted by molar-refractivity contribution is 6.00. The Bertz CT molecular complexity index is 1250. The molecule has 1 saturated carbocycles. The molecule has 1 amide bonds. The molecule has 0 unspecified atom stereocenters. The minimum atomic E-state index is -0.436. The van der Waals surface area contributed by atoms with Gasteiger partial charge < -0.3 is 20.3 Å². The number of aryl methyl sites for hydroxylation is 1. The van der Waals surface area contributed by atoms with Crippen LogP contribution in [-0.2, 0) is 10.3 Å². The molecule has 7 nitrogen and oxygen atoms in total. The van der Waals surface area contributed by atoms with E-state index in [4.69, 9.17) is 4.74 Å². The average Bonchev–Trinajstić information content (AvgIpc) is 3.62. The third-order valence-corrected chi connectivity index (χ3v) is 6.61. The highest BCUT2D eigenvalue weighted by Crippen LogP contribution is 2.46. The molecule has 0 atom stereocenters. The van der Waals surface area contributed by atoms with Crippen molar-refractivity contribution in [3.63, 3.8) is 0 Å². The van der Waals surface area contributed by atoms with Gasteiger partial charge in [-0.1, -0.05) is 12.1 Å². The molecular weight excluding hydrogens is 447 g/mol. The number of carbonyl (C=O) groups excluding carboxylic acids is 2. The molecule has 180 valence electrons. The molecule has 8 heteroatoms. The molecule has 5 rings (SSSR count). The number of hydrogen-bond acceptors (Lipinski definition) is 6. The number of hydrogen-bond donors (Lipinski definition) is 2. The van der Waals surface area contributed by atoms with Crippen LogP contribution in [-0.4, -0.2) is 43.1 Å². The molecule has 2 heterocycles. The Labute approximate surface area is 203 Å². The molecule has 0 radical (unpaired) electrons. The van der Waals surface area contributed by atoms with Gasteiger partial charge in [-0.3, -0.25) is 4.79 Å². The molecule has 35 heavy (non-hydrogen) atoms. The Morgan fingerprint density at radius 2 is 1.77 bits per heavy atom. The molecule has 1 aromatic heterocycles. The third kappa shape index (κ3) is 4.69. The summed E-state index contributed by atoms with van der Waals surface area (Å²) in [6, 6.07) is 15.5. The number of esters is 1. The van der Waals surface area contributed by atoms with Gasteiger partial charge in [0.05, 0.1) is 29.8 Å². The lowest BCUT2D eigenvalue weighted by Crippen LogP contribution is -2.55. The van der Waals surface area contributed by atoms with Crippen molar-refractivity contribution < 1.29 is 18.7 Å². The van der Waals surface area contributed by atoms with Crippen molar-refractivity contribution >= 4 is 23.4 Å². The van der Waals surface area contributed by atoms with Crippen LogP contribution in [0.4, 0.5) is 15.9 Å². The number of methoxy groups -OCH3 is 1. The summed E-state index contributed by atoms with van der Waals surface area (Å²) >= 11 is 0. The Morgan fingerprint density at radius 1 is 1.09 bits per heavy atom. The Hall–Kier alpha value is -3.94. The van der Waals surface area contributed by atoms with Gasteiger partial charge in [-0.15, -0.1) is 0 Å². The first kappa shape index (κ1) is 22.8.